The van der Waals surface area contributed by atoms with Gasteiger partial charge in [0.05, 0.1) is 10.9 Å². The van der Waals surface area contributed by atoms with Crippen LogP contribution in [0, 0.1) is 11.2 Å². The van der Waals surface area contributed by atoms with Gasteiger partial charge in [-0.3, -0.25) is 4.79 Å². The molecule has 0 spiro atoms. The zero-order chi connectivity index (χ0) is 30.6. The van der Waals surface area contributed by atoms with E-state index in [1.54, 1.807) is 29.0 Å². The van der Waals surface area contributed by atoms with Gasteiger partial charge in [-0.15, -0.1) is 0 Å². The Labute approximate surface area is 254 Å². The molecule has 2 unspecified atom stereocenters. The SMILES string of the molecule is C=C(NCCC1CCCN1C)c1cn2c3c(c(NCCCCC(C)(C)C)c(F)cc3c1=O)OC(C)/C=C(Cl)\C=C/C2=C. The van der Waals surface area contributed by atoms with Crippen LogP contribution in [0.2, 0.25) is 0 Å². The molecule has 0 amide bonds. The van der Waals surface area contributed by atoms with E-state index in [0.29, 0.717) is 46.6 Å². The Kier molecular flexibility index (Phi) is 10.3. The van der Waals surface area contributed by atoms with Crippen molar-refractivity contribution in [2.45, 2.75) is 78.4 Å². The van der Waals surface area contributed by atoms with Gasteiger partial charge in [0.1, 0.15) is 17.3 Å². The van der Waals surface area contributed by atoms with Crippen LogP contribution >= 0.6 is 11.6 Å². The number of benzene rings is 1. The summed E-state index contributed by atoms with van der Waals surface area (Å²) in [6, 6.07) is 1.82. The molecule has 1 aromatic heterocycles. The van der Waals surface area contributed by atoms with Gasteiger partial charge in [-0.25, -0.2) is 4.39 Å². The van der Waals surface area contributed by atoms with Gasteiger partial charge >= 0.3 is 0 Å². The average molecular weight is 597 g/mol. The highest BCUT2D eigenvalue weighted by molar-refractivity contribution is 6.31. The van der Waals surface area contributed by atoms with Gasteiger partial charge in [0.25, 0.3) is 0 Å². The minimum absolute atomic E-state index is 0.203. The molecular formula is C34H46ClFN4O2. The normalized spacial score (nSPS) is 21.5. The monoisotopic (exact) mass is 596 g/mol. The molecule has 2 atom stereocenters. The second-order valence-electron chi connectivity index (χ2n) is 12.8. The van der Waals surface area contributed by atoms with E-state index in [4.69, 9.17) is 16.3 Å². The summed E-state index contributed by atoms with van der Waals surface area (Å²) in [6.07, 6.45) is 12.8. The molecule has 228 valence electrons. The Bertz CT molecular complexity index is 1450. The predicted octanol–water partition coefficient (Wildman–Crippen LogP) is 7.74. The molecule has 6 nitrogen and oxygen atoms in total. The lowest BCUT2D eigenvalue weighted by Gasteiger charge is -2.24. The fraction of sp³-hybridized carbons (Fsp3) is 0.500. The number of hydrogen-bond donors (Lipinski definition) is 2. The number of nitrogens with one attached hydrogen (secondary N) is 2. The first-order valence-corrected chi connectivity index (χ1v) is 15.4. The van der Waals surface area contributed by atoms with Crippen molar-refractivity contribution < 1.29 is 9.13 Å². The maximum atomic E-state index is 15.9. The van der Waals surface area contributed by atoms with Crippen LogP contribution in [0.3, 0.4) is 0 Å². The van der Waals surface area contributed by atoms with E-state index in [1.807, 2.05) is 6.92 Å². The molecule has 0 radical (unpaired) electrons. The van der Waals surface area contributed by atoms with E-state index in [-0.39, 0.29) is 27.7 Å². The smallest absolute Gasteiger partial charge is 0.198 e. The fourth-order valence-electron chi connectivity index (χ4n) is 5.73. The molecule has 2 aliphatic heterocycles. The number of aromatic nitrogens is 1. The lowest BCUT2D eigenvalue weighted by atomic mass is 9.90. The fourth-order valence-corrected chi connectivity index (χ4v) is 5.97. The number of anilines is 1. The molecule has 0 aliphatic carbocycles. The molecule has 0 saturated carbocycles. The van der Waals surface area contributed by atoms with Gasteiger partial charge in [-0.05, 0) is 82.3 Å². The molecule has 1 saturated heterocycles. The molecule has 3 heterocycles. The van der Waals surface area contributed by atoms with Crippen LogP contribution in [0.4, 0.5) is 10.1 Å². The molecule has 2 N–H and O–H groups in total. The molecular weight excluding hydrogens is 551 g/mol. The first-order chi connectivity index (χ1) is 19.9. The van der Waals surface area contributed by atoms with Crippen LogP contribution in [0.1, 0.15) is 71.8 Å². The number of allylic oxidation sites excluding steroid dienone is 4. The van der Waals surface area contributed by atoms with Crippen LogP contribution in [-0.4, -0.2) is 48.3 Å². The van der Waals surface area contributed by atoms with Gasteiger partial charge in [0, 0.05) is 41.8 Å². The quantitative estimate of drug-likeness (QED) is 0.275. The summed E-state index contributed by atoms with van der Waals surface area (Å²) in [5, 5.41) is 7.28. The topological polar surface area (TPSA) is 58.5 Å². The number of halogens is 2. The second-order valence-corrected chi connectivity index (χ2v) is 13.3. The van der Waals surface area contributed by atoms with E-state index >= 15 is 4.39 Å². The Morgan fingerprint density at radius 2 is 2.00 bits per heavy atom. The second kappa shape index (κ2) is 13.5. The lowest BCUT2D eigenvalue weighted by Crippen LogP contribution is -2.29. The first-order valence-electron chi connectivity index (χ1n) is 15.1. The highest BCUT2D eigenvalue weighted by Crippen LogP contribution is 2.39. The summed E-state index contributed by atoms with van der Waals surface area (Å²) in [6.45, 7) is 19.3. The van der Waals surface area contributed by atoms with Crippen LogP contribution in [0.15, 0.2) is 53.5 Å². The van der Waals surface area contributed by atoms with E-state index in [0.717, 1.165) is 32.2 Å². The molecule has 2 aromatic rings. The van der Waals surface area contributed by atoms with Crippen molar-refractivity contribution in [3.05, 3.63) is 70.3 Å². The average Bonchev–Trinajstić information content (AvgIpc) is 3.32. The zero-order valence-corrected chi connectivity index (χ0v) is 26.5. The van der Waals surface area contributed by atoms with Crippen molar-refractivity contribution in [1.29, 1.82) is 0 Å². The maximum Gasteiger partial charge on any atom is 0.198 e. The van der Waals surface area contributed by atoms with E-state index in [2.05, 4.69) is 56.5 Å². The number of nitrogens with zero attached hydrogens (tertiary/aromatic N) is 2. The highest BCUT2D eigenvalue weighted by atomic mass is 35.5. The van der Waals surface area contributed by atoms with Crippen molar-refractivity contribution in [3.63, 3.8) is 0 Å². The zero-order valence-electron chi connectivity index (χ0n) is 25.8. The van der Waals surface area contributed by atoms with Gasteiger partial charge in [-0.1, -0.05) is 52.0 Å². The van der Waals surface area contributed by atoms with E-state index < -0.39 is 11.9 Å². The Balaban J connectivity index is 1.74. The van der Waals surface area contributed by atoms with Crippen LogP contribution in [-0.2, 0) is 0 Å². The van der Waals surface area contributed by atoms with Gasteiger partial charge in [0.2, 0.25) is 0 Å². The summed E-state index contributed by atoms with van der Waals surface area (Å²) in [5.74, 6) is -0.283. The Hall–Kier alpha value is -3.03. The molecule has 42 heavy (non-hydrogen) atoms. The number of likely N-dealkylation sites (tertiary alicyclic amines) is 1. The highest BCUT2D eigenvalue weighted by Gasteiger charge is 2.25. The van der Waals surface area contributed by atoms with Crippen LogP contribution in [0.25, 0.3) is 22.3 Å². The Morgan fingerprint density at radius 1 is 1.24 bits per heavy atom. The van der Waals surface area contributed by atoms with Gasteiger partial charge in [-0.2, -0.15) is 0 Å². The summed E-state index contributed by atoms with van der Waals surface area (Å²) in [7, 11) is 2.15. The molecule has 4 rings (SSSR count). The van der Waals surface area contributed by atoms with Gasteiger partial charge in [0.15, 0.2) is 17.0 Å². The van der Waals surface area contributed by atoms with Crippen LogP contribution in [0.5, 0.6) is 5.75 Å². The van der Waals surface area contributed by atoms with Crippen molar-refractivity contribution in [1.82, 2.24) is 14.8 Å². The number of pyridine rings is 1. The molecule has 2 aliphatic rings. The maximum absolute atomic E-state index is 15.9. The number of rotatable bonds is 10. The standard InChI is InChI=1S/C34H46ClFN4O2/c1-22-12-13-25(35)19-23(2)42-33-30(38-16-9-8-15-34(4,5)6)29(36)20-27-31(33)40(22)21-28(32(27)41)24(3)37-17-14-26-11-10-18-39(26)7/h12-13,19-21,23,26,37-38H,1,3,8-11,14-18H2,2,4-7H3/b13-12-,25-19+. The number of unbranched alkanes of at least 4 members (excludes halogenated alkanes) is 1. The van der Waals surface area contributed by atoms with Gasteiger partial charge < -0.3 is 24.8 Å². The van der Waals surface area contributed by atoms with Crippen molar-refractivity contribution in [2.24, 2.45) is 5.41 Å². The lowest BCUT2D eigenvalue weighted by molar-refractivity contribution is 0.272. The molecule has 1 aromatic carbocycles. The minimum atomic E-state index is -0.544. The Morgan fingerprint density at radius 3 is 2.69 bits per heavy atom. The third-order valence-corrected chi connectivity index (χ3v) is 8.36. The number of ether oxygens (including phenoxy) is 1. The third-order valence-electron chi connectivity index (χ3n) is 8.11. The first kappa shape index (κ1) is 31.9. The van der Waals surface area contributed by atoms with E-state index in [9.17, 15) is 4.79 Å². The van der Waals surface area contributed by atoms with Crippen LogP contribution < -0.4 is 20.8 Å². The van der Waals surface area contributed by atoms with Crippen molar-refractivity contribution >= 4 is 39.6 Å². The van der Waals surface area contributed by atoms with E-state index in [1.165, 1.54) is 18.9 Å². The molecule has 8 heteroatoms. The summed E-state index contributed by atoms with van der Waals surface area (Å²) < 4.78 is 24.0. The summed E-state index contributed by atoms with van der Waals surface area (Å²) in [4.78, 5) is 16.3. The van der Waals surface area contributed by atoms with Crippen molar-refractivity contribution in [3.8, 4) is 5.75 Å². The number of hydrogen-bond acceptors (Lipinski definition) is 5. The predicted molar refractivity (Wildman–Crippen MR) is 176 cm³/mol. The molecule has 1 fully saturated rings. The largest absolute Gasteiger partial charge is 0.482 e. The van der Waals surface area contributed by atoms with Crippen molar-refractivity contribution in [2.75, 3.05) is 32.0 Å². The summed E-state index contributed by atoms with van der Waals surface area (Å²) >= 11 is 6.44. The molecule has 0 bridgehead atoms. The minimum Gasteiger partial charge on any atom is -0.482 e. The summed E-state index contributed by atoms with van der Waals surface area (Å²) in [5.41, 5.74) is 2.01. The third kappa shape index (κ3) is 7.67.